The lowest BCUT2D eigenvalue weighted by Gasteiger charge is -2.48. The summed E-state index contributed by atoms with van der Waals surface area (Å²) in [6.45, 7) is 1.71. The zero-order chi connectivity index (χ0) is 64.7. The Bertz CT molecular complexity index is 1760. The number of carbonyl (C=O) groups is 1. The molecule has 12 N–H and O–H groups in total. The number of aliphatic hydroxyl groups is 11. The Hall–Kier alpha value is -1.99. The maximum atomic E-state index is 13.3. The van der Waals surface area contributed by atoms with Crippen LogP contribution >= 0.6 is 0 Å². The molecule has 89 heavy (non-hydrogen) atoms. The van der Waals surface area contributed by atoms with Gasteiger partial charge in [-0.25, -0.2) is 0 Å². The third kappa shape index (κ3) is 34.3. The van der Waals surface area contributed by atoms with Crippen LogP contribution < -0.4 is 5.32 Å². The summed E-state index contributed by atoms with van der Waals surface area (Å²) in [6.07, 6.45) is 34.5. The van der Waals surface area contributed by atoms with Gasteiger partial charge in [0.2, 0.25) is 5.91 Å². The van der Waals surface area contributed by atoms with Crippen LogP contribution in [0.15, 0.2) is 36.5 Å². The van der Waals surface area contributed by atoms with Crippen LogP contribution in [0.2, 0.25) is 0 Å². The maximum Gasteiger partial charge on any atom is 0.220 e. The smallest absolute Gasteiger partial charge is 0.220 e. The second kappa shape index (κ2) is 52.3. The first-order valence-corrected chi connectivity index (χ1v) is 35.7. The van der Waals surface area contributed by atoms with E-state index in [-0.39, 0.29) is 18.9 Å². The largest absolute Gasteiger partial charge is 0.394 e. The van der Waals surface area contributed by atoms with Gasteiger partial charge in [-0.2, -0.15) is 0 Å². The van der Waals surface area contributed by atoms with Gasteiger partial charge in [0.25, 0.3) is 0 Å². The summed E-state index contributed by atoms with van der Waals surface area (Å²) >= 11 is 0. The molecule has 17 atom stereocenters. The van der Waals surface area contributed by atoms with Crippen LogP contribution in [0.4, 0.5) is 0 Å². The average molecular weight is 1270 g/mol. The third-order valence-corrected chi connectivity index (χ3v) is 17.9. The van der Waals surface area contributed by atoms with Gasteiger partial charge in [-0.1, -0.05) is 256 Å². The molecule has 19 nitrogen and oxygen atoms in total. The Labute approximate surface area is 536 Å². The van der Waals surface area contributed by atoms with Crippen molar-refractivity contribution in [3.05, 3.63) is 36.5 Å². The number of amides is 1. The number of aliphatic hydroxyl groups excluding tert-OH is 11. The van der Waals surface area contributed by atoms with E-state index in [0.717, 1.165) is 44.9 Å². The summed E-state index contributed by atoms with van der Waals surface area (Å²) in [5.74, 6) is -0.289. The molecule has 3 aliphatic rings. The molecule has 3 saturated heterocycles. The molecule has 522 valence electrons. The van der Waals surface area contributed by atoms with E-state index in [9.17, 15) is 61.0 Å². The molecule has 0 aromatic heterocycles. The number of carbonyl (C=O) groups excluding carboxylic acids is 1. The van der Waals surface area contributed by atoms with Crippen LogP contribution in [0.3, 0.4) is 0 Å². The van der Waals surface area contributed by atoms with E-state index < -0.39 is 124 Å². The van der Waals surface area contributed by atoms with Gasteiger partial charge in [0.15, 0.2) is 18.9 Å². The lowest BCUT2D eigenvalue weighted by molar-refractivity contribution is -0.379. The fraction of sp³-hybridized carbons (Fsp3) is 0.900. The van der Waals surface area contributed by atoms with E-state index in [1.54, 1.807) is 6.08 Å². The number of allylic oxidation sites excluding steroid dienone is 5. The molecule has 3 fully saturated rings. The molecular weight excluding hydrogens is 1140 g/mol. The molecular formula is C70H129NO18. The van der Waals surface area contributed by atoms with E-state index in [2.05, 4.69) is 43.5 Å². The minimum Gasteiger partial charge on any atom is -0.394 e. The first-order chi connectivity index (χ1) is 43.3. The molecule has 3 aliphatic heterocycles. The second-order valence-electron chi connectivity index (χ2n) is 25.7. The van der Waals surface area contributed by atoms with Gasteiger partial charge >= 0.3 is 0 Å². The van der Waals surface area contributed by atoms with Gasteiger partial charge in [0.1, 0.15) is 73.2 Å². The van der Waals surface area contributed by atoms with E-state index in [1.165, 1.54) is 193 Å². The zero-order valence-electron chi connectivity index (χ0n) is 55.2. The predicted molar refractivity (Wildman–Crippen MR) is 346 cm³/mol. The van der Waals surface area contributed by atoms with Gasteiger partial charge in [-0.15, -0.1) is 0 Å². The van der Waals surface area contributed by atoms with Crippen molar-refractivity contribution in [2.45, 2.75) is 375 Å². The second-order valence-corrected chi connectivity index (χ2v) is 25.7. The summed E-state index contributed by atoms with van der Waals surface area (Å²) in [5, 5.41) is 120. The van der Waals surface area contributed by atoms with E-state index in [4.69, 9.17) is 28.4 Å². The first kappa shape index (κ1) is 81.2. The Morgan fingerprint density at radius 3 is 1.12 bits per heavy atom. The van der Waals surface area contributed by atoms with Crippen LogP contribution in [0, 0.1) is 0 Å². The Morgan fingerprint density at radius 1 is 0.393 bits per heavy atom. The molecule has 3 rings (SSSR count). The highest BCUT2D eigenvalue weighted by atomic mass is 16.8. The number of ether oxygens (including phenoxy) is 6. The SMILES string of the molecule is CCCCCCCCCCCCCCCCCCCCCCCC/C=C/CC/C=C/CC/C=C/C(O)C(COC1OC(CO)C(OC2OC(CO)C(OC3OC(CO)C(O)C(O)C3O)C(O)C2O)C(O)C1O)NC(=O)CCCCCCCCCCCCCC. The summed E-state index contributed by atoms with van der Waals surface area (Å²) in [5.41, 5.74) is 0. The van der Waals surface area contributed by atoms with Crippen molar-refractivity contribution < 1.29 is 89.4 Å². The van der Waals surface area contributed by atoms with E-state index in [0.29, 0.717) is 12.8 Å². The quantitative estimate of drug-likeness (QED) is 0.0199. The third-order valence-electron chi connectivity index (χ3n) is 17.9. The molecule has 1 amide bonds. The molecule has 0 saturated carbocycles. The molecule has 17 unspecified atom stereocenters. The highest BCUT2D eigenvalue weighted by Crippen LogP contribution is 2.33. The molecule has 0 radical (unpaired) electrons. The van der Waals surface area contributed by atoms with E-state index in [1.807, 2.05) is 6.08 Å². The lowest BCUT2D eigenvalue weighted by Crippen LogP contribution is -2.66. The van der Waals surface area contributed by atoms with Crippen molar-refractivity contribution in [1.29, 1.82) is 0 Å². The lowest BCUT2D eigenvalue weighted by atomic mass is 9.96. The van der Waals surface area contributed by atoms with Crippen molar-refractivity contribution in [2.75, 3.05) is 26.4 Å². The summed E-state index contributed by atoms with van der Waals surface area (Å²) in [6, 6.07) is -0.993. The monoisotopic (exact) mass is 1270 g/mol. The Kier molecular flexibility index (Phi) is 47.7. The van der Waals surface area contributed by atoms with Crippen molar-refractivity contribution in [3.8, 4) is 0 Å². The van der Waals surface area contributed by atoms with Crippen molar-refractivity contribution in [3.63, 3.8) is 0 Å². The summed E-state index contributed by atoms with van der Waals surface area (Å²) < 4.78 is 34.3. The first-order valence-electron chi connectivity index (χ1n) is 35.7. The van der Waals surface area contributed by atoms with Crippen molar-refractivity contribution in [2.24, 2.45) is 0 Å². The van der Waals surface area contributed by atoms with E-state index >= 15 is 0 Å². The fourth-order valence-electron chi connectivity index (χ4n) is 12.1. The minimum atomic E-state index is -1.98. The number of nitrogens with one attached hydrogen (secondary N) is 1. The van der Waals surface area contributed by atoms with Gasteiger partial charge in [-0.05, 0) is 44.9 Å². The highest BCUT2D eigenvalue weighted by Gasteiger charge is 2.53. The Balaban J connectivity index is 1.39. The summed E-state index contributed by atoms with van der Waals surface area (Å²) in [4.78, 5) is 13.3. The molecule has 3 heterocycles. The normalized spacial score (nSPS) is 28.4. The van der Waals surface area contributed by atoms with Crippen LogP contribution in [0.5, 0.6) is 0 Å². The van der Waals surface area contributed by atoms with Gasteiger partial charge in [-0.3, -0.25) is 4.79 Å². The van der Waals surface area contributed by atoms with Gasteiger partial charge < -0.3 is 89.9 Å². The van der Waals surface area contributed by atoms with Gasteiger partial charge in [0.05, 0.1) is 38.6 Å². The number of rotatable bonds is 55. The summed E-state index contributed by atoms with van der Waals surface area (Å²) in [7, 11) is 0. The maximum absolute atomic E-state index is 13.3. The topological polar surface area (TPSA) is 307 Å². The average Bonchev–Trinajstić information content (AvgIpc) is 1.24. The van der Waals surface area contributed by atoms with Crippen LogP contribution in [0.25, 0.3) is 0 Å². The standard InChI is InChI=1S/C70H129NO18/c1-3-5-7-9-11-13-15-17-18-19-20-21-22-23-24-25-26-27-28-29-30-31-32-33-34-35-36-37-39-41-43-45-47-54(75)53(71-58(76)48-46-44-42-40-38-16-14-12-10-8-6-4-2)52-84-68-64(82)61(79)66(56(50-73)86-68)89-70-65(83)62(80)67(57(51-74)87-70)88-69-63(81)60(78)59(77)55(49-72)85-69/h33-34,37,39,45,47,53-57,59-70,72-75,77-83H,3-32,35-36,38,40-44,46,48-52H2,1-2H3,(H,71,76)/b34-33+,39-37+,47-45+. The Morgan fingerprint density at radius 2 is 0.719 bits per heavy atom. The predicted octanol–water partition coefficient (Wildman–Crippen LogP) is 9.61. The van der Waals surface area contributed by atoms with Crippen LogP contribution in [-0.4, -0.2) is 193 Å². The molecule has 19 heteroatoms. The zero-order valence-corrected chi connectivity index (χ0v) is 55.2. The molecule has 0 aliphatic carbocycles. The molecule has 0 spiro atoms. The highest BCUT2D eigenvalue weighted by molar-refractivity contribution is 5.76. The van der Waals surface area contributed by atoms with Gasteiger partial charge in [0, 0.05) is 6.42 Å². The van der Waals surface area contributed by atoms with Crippen LogP contribution in [-0.2, 0) is 33.2 Å². The number of hydrogen-bond acceptors (Lipinski definition) is 18. The number of unbranched alkanes of at least 4 members (excludes halogenated alkanes) is 35. The fourth-order valence-corrected chi connectivity index (χ4v) is 12.1. The van der Waals surface area contributed by atoms with Crippen molar-refractivity contribution in [1.82, 2.24) is 5.32 Å². The minimum absolute atomic E-state index is 0.235. The van der Waals surface area contributed by atoms with Crippen LogP contribution in [0.1, 0.15) is 271 Å². The van der Waals surface area contributed by atoms with Crippen molar-refractivity contribution >= 4 is 5.91 Å². The number of hydrogen-bond donors (Lipinski definition) is 12. The molecule has 0 bridgehead atoms. The molecule has 0 aromatic rings. The molecule has 0 aromatic carbocycles.